The van der Waals surface area contributed by atoms with Crippen LogP contribution in [0.5, 0.6) is 0 Å². The van der Waals surface area contributed by atoms with E-state index in [1.165, 1.54) is 0 Å². The van der Waals surface area contributed by atoms with Crippen LogP contribution in [0.15, 0.2) is 24.3 Å². The predicted octanol–water partition coefficient (Wildman–Crippen LogP) is 3.42. The highest BCUT2D eigenvalue weighted by molar-refractivity contribution is 6.30. The largest absolute Gasteiger partial charge is 0.481 e. The van der Waals surface area contributed by atoms with Gasteiger partial charge < -0.3 is 10.4 Å². The van der Waals surface area contributed by atoms with E-state index in [4.69, 9.17) is 16.7 Å². The first-order valence-corrected chi connectivity index (χ1v) is 6.64. The van der Waals surface area contributed by atoms with Gasteiger partial charge in [-0.2, -0.15) is 0 Å². The van der Waals surface area contributed by atoms with Crippen molar-refractivity contribution < 1.29 is 9.90 Å². The van der Waals surface area contributed by atoms with Crippen LogP contribution in [0.3, 0.4) is 0 Å². The van der Waals surface area contributed by atoms with Crippen molar-refractivity contribution in [2.24, 2.45) is 0 Å². The van der Waals surface area contributed by atoms with Gasteiger partial charge in [0.05, 0.1) is 6.42 Å². The average molecular weight is 270 g/mol. The summed E-state index contributed by atoms with van der Waals surface area (Å²) in [4.78, 5) is 10.6. The zero-order valence-corrected chi connectivity index (χ0v) is 11.6. The fraction of sp³-hybridized carbons (Fsp3) is 0.500. The molecule has 0 aromatic heterocycles. The summed E-state index contributed by atoms with van der Waals surface area (Å²) in [5, 5.41) is 12.8. The molecule has 0 spiro atoms. The number of halogens is 1. The summed E-state index contributed by atoms with van der Waals surface area (Å²) in [5.74, 6) is -0.778. The molecule has 1 rings (SSSR count). The van der Waals surface area contributed by atoms with Crippen molar-refractivity contribution in [3.05, 3.63) is 34.9 Å². The summed E-state index contributed by atoms with van der Waals surface area (Å²) in [5.41, 5.74) is 0.988. The topological polar surface area (TPSA) is 49.3 Å². The SMILES string of the molecule is CCC(CC)(NCCC(=O)O)c1ccc(Cl)cc1. The molecular weight excluding hydrogens is 250 g/mol. The number of hydrogen-bond acceptors (Lipinski definition) is 2. The highest BCUT2D eigenvalue weighted by atomic mass is 35.5. The lowest BCUT2D eigenvalue weighted by molar-refractivity contribution is -0.136. The van der Waals surface area contributed by atoms with Gasteiger partial charge in [0.2, 0.25) is 0 Å². The van der Waals surface area contributed by atoms with Crippen LogP contribution >= 0.6 is 11.6 Å². The molecule has 0 aliphatic heterocycles. The Balaban J connectivity index is 2.85. The van der Waals surface area contributed by atoms with Crippen LogP contribution in [0.1, 0.15) is 38.7 Å². The molecule has 4 heteroatoms. The van der Waals surface area contributed by atoms with Crippen LogP contribution in [0, 0.1) is 0 Å². The lowest BCUT2D eigenvalue weighted by Gasteiger charge is -2.33. The third-order valence-corrected chi connectivity index (χ3v) is 3.66. The summed E-state index contributed by atoms with van der Waals surface area (Å²) in [6.07, 6.45) is 1.95. The van der Waals surface area contributed by atoms with Crippen molar-refractivity contribution >= 4 is 17.6 Å². The summed E-state index contributed by atoms with van der Waals surface area (Å²) < 4.78 is 0. The standard InChI is InChI=1S/C14H20ClNO2/c1-3-14(4-2,16-10-9-13(17)18)11-5-7-12(15)8-6-11/h5-8,16H,3-4,9-10H2,1-2H3,(H,17,18). The maximum atomic E-state index is 10.6. The Hall–Kier alpha value is -1.06. The van der Waals surface area contributed by atoms with Gasteiger partial charge in [0.15, 0.2) is 0 Å². The van der Waals surface area contributed by atoms with E-state index >= 15 is 0 Å². The third kappa shape index (κ3) is 3.72. The molecule has 100 valence electrons. The smallest absolute Gasteiger partial charge is 0.304 e. The minimum Gasteiger partial charge on any atom is -0.481 e. The molecular formula is C14H20ClNO2. The molecule has 0 bridgehead atoms. The van der Waals surface area contributed by atoms with Gasteiger partial charge in [-0.3, -0.25) is 4.79 Å². The lowest BCUT2D eigenvalue weighted by atomic mass is 9.84. The van der Waals surface area contributed by atoms with E-state index in [0.717, 1.165) is 18.4 Å². The number of benzene rings is 1. The van der Waals surface area contributed by atoms with Crippen LogP contribution in [-0.4, -0.2) is 17.6 Å². The van der Waals surface area contributed by atoms with Gasteiger partial charge in [-0.05, 0) is 30.5 Å². The van der Waals surface area contributed by atoms with E-state index in [9.17, 15) is 4.79 Å². The molecule has 1 aromatic carbocycles. The first-order chi connectivity index (χ1) is 8.54. The normalized spacial score (nSPS) is 11.5. The molecule has 0 saturated heterocycles. The predicted molar refractivity (Wildman–Crippen MR) is 74.0 cm³/mol. The molecule has 0 unspecified atom stereocenters. The van der Waals surface area contributed by atoms with Gasteiger partial charge in [0, 0.05) is 17.1 Å². The summed E-state index contributed by atoms with van der Waals surface area (Å²) in [6.45, 7) is 4.68. The second-order valence-electron chi connectivity index (χ2n) is 4.37. The number of carboxylic acids is 1. The van der Waals surface area contributed by atoms with Crippen LogP contribution in [0.4, 0.5) is 0 Å². The van der Waals surface area contributed by atoms with E-state index in [-0.39, 0.29) is 12.0 Å². The van der Waals surface area contributed by atoms with Crippen LogP contribution in [0.25, 0.3) is 0 Å². The van der Waals surface area contributed by atoms with Crippen LogP contribution < -0.4 is 5.32 Å². The molecule has 0 aliphatic rings. The van der Waals surface area contributed by atoms with Crippen molar-refractivity contribution in [1.82, 2.24) is 5.32 Å². The molecule has 0 heterocycles. The fourth-order valence-electron chi connectivity index (χ4n) is 2.19. The number of rotatable bonds is 7. The zero-order valence-electron chi connectivity index (χ0n) is 10.9. The Kier molecular flexibility index (Phi) is 5.63. The number of hydrogen-bond donors (Lipinski definition) is 2. The number of aliphatic carboxylic acids is 1. The molecule has 0 fully saturated rings. The van der Waals surface area contributed by atoms with Crippen LogP contribution in [-0.2, 0) is 10.3 Å². The molecule has 0 amide bonds. The van der Waals surface area contributed by atoms with Gasteiger partial charge in [0.25, 0.3) is 0 Å². The monoisotopic (exact) mass is 269 g/mol. The maximum absolute atomic E-state index is 10.6. The molecule has 1 aromatic rings. The molecule has 3 nitrogen and oxygen atoms in total. The Morgan fingerprint density at radius 3 is 2.28 bits per heavy atom. The molecule has 0 aliphatic carbocycles. The Labute approximate surface area is 113 Å². The van der Waals surface area contributed by atoms with Crippen molar-refractivity contribution in [3.8, 4) is 0 Å². The Morgan fingerprint density at radius 1 is 1.28 bits per heavy atom. The number of carbonyl (C=O) groups is 1. The highest BCUT2D eigenvalue weighted by Crippen LogP contribution is 2.29. The van der Waals surface area contributed by atoms with E-state index < -0.39 is 5.97 Å². The molecule has 0 atom stereocenters. The van der Waals surface area contributed by atoms with Gasteiger partial charge in [-0.1, -0.05) is 37.6 Å². The first kappa shape index (κ1) is 15.0. The first-order valence-electron chi connectivity index (χ1n) is 6.27. The zero-order chi connectivity index (χ0) is 13.6. The number of carboxylic acid groups (broad SMARTS) is 1. The van der Waals surface area contributed by atoms with E-state index in [0.29, 0.717) is 11.6 Å². The van der Waals surface area contributed by atoms with Gasteiger partial charge in [-0.15, -0.1) is 0 Å². The summed E-state index contributed by atoms with van der Waals surface area (Å²) in [6, 6.07) is 7.75. The fourth-order valence-corrected chi connectivity index (χ4v) is 2.31. The van der Waals surface area contributed by atoms with Crippen LogP contribution in [0.2, 0.25) is 5.02 Å². The Bertz CT molecular complexity index is 385. The number of nitrogens with one attached hydrogen (secondary N) is 1. The second-order valence-corrected chi connectivity index (χ2v) is 4.80. The lowest BCUT2D eigenvalue weighted by Crippen LogP contribution is -2.42. The molecule has 2 N–H and O–H groups in total. The van der Waals surface area contributed by atoms with E-state index in [1.807, 2.05) is 24.3 Å². The molecule has 0 radical (unpaired) electrons. The summed E-state index contributed by atoms with van der Waals surface area (Å²) in [7, 11) is 0. The maximum Gasteiger partial charge on any atom is 0.304 e. The molecule has 0 saturated carbocycles. The van der Waals surface area contributed by atoms with Gasteiger partial charge in [-0.25, -0.2) is 0 Å². The van der Waals surface area contributed by atoms with Gasteiger partial charge >= 0.3 is 5.97 Å². The van der Waals surface area contributed by atoms with Crippen molar-refractivity contribution in [3.63, 3.8) is 0 Å². The third-order valence-electron chi connectivity index (χ3n) is 3.41. The van der Waals surface area contributed by atoms with E-state index in [1.54, 1.807) is 0 Å². The van der Waals surface area contributed by atoms with Crippen molar-refractivity contribution in [2.75, 3.05) is 6.54 Å². The minimum absolute atomic E-state index is 0.134. The summed E-state index contributed by atoms with van der Waals surface area (Å²) >= 11 is 5.90. The van der Waals surface area contributed by atoms with Crippen molar-refractivity contribution in [2.45, 2.75) is 38.6 Å². The second kappa shape index (κ2) is 6.76. The minimum atomic E-state index is -0.778. The average Bonchev–Trinajstić information content (AvgIpc) is 2.36. The van der Waals surface area contributed by atoms with Gasteiger partial charge in [0.1, 0.15) is 0 Å². The van der Waals surface area contributed by atoms with E-state index in [2.05, 4.69) is 19.2 Å². The quantitative estimate of drug-likeness (QED) is 0.797. The van der Waals surface area contributed by atoms with Crippen molar-refractivity contribution in [1.29, 1.82) is 0 Å². The highest BCUT2D eigenvalue weighted by Gasteiger charge is 2.27. The molecule has 18 heavy (non-hydrogen) atoms. The Morgan fingerprint density at radius 2 is 1.83 bits per heavy atom.